The number of hydrogen-bond donors (Lipinski definition) is 5. The summed E-state index contributed by atoms with van der Waals surface area (Å²) < 4.78 is 20.4. The summed E-state index contributed by atoms with van der Waals surface area (Å²) in [6.07, 6.45) is -7.86. The topological polar surface area (TPSA) is 159 Å². The van der Waals surface area contributed by atoms with Gasteiger partial charge in [-0.3, -0.25) is 0 Å². The SMILES string of the molecule is COc1ccc2c(O)c(O[C@@H]3O[C@H](CO)[C@@H](O)[C@H](O)[C@@H]3O)c(=O)oc2c1. The van der Waals surface area contributed by atoms with E-state index in [0.29, 0.717) is 5.75 Å². The molecule has 0 radical (unpaired) electrons. The van der Waals surface area contributed by atoms with Gasteiger partial charge in [-0.25, -0.2) is 4.79 Å². The van der Waals surface area contributed by atoms with Gasteiger partial charge in [0.05, 0.1) is 19.1 Å². The first-order valence-corrected chi connectivity index (χ1v) is 7.68. The summed E-state index contributed by atoms with van der Waals surface area (Å²) >= 11 is 0. The van der Waals surface area contributed by atoms with Gasteiger partial charge in [-0.1, -0.05) is 0 Å². The van der Waals surface area contributed by atoms with Crippen LogP contribution in [0.4, 0.5) is 0 Å². The van der Waals surface area contributed by atoms with Crippen molar-refractivity contribution < 1.29 is 44.2 Å². The summed E-state index contributed by atoms with van der Waals surface area (Å²) in [5.41, 5.74) is -1.01. The Bertz CT molecular complexity index is 845. The standard InChI is InChI=1S/C16H18O10/c1-23-6-2-3-7-8(4-6)24-15(22)14(10(7)18)26-16-13(21)12(20)11(19)9(5-17)25-16/h2-4,9,11-13,16-21H,5H2,1H3/t9-,11-,12+,13+,16+/m1/s1. The van der Waals surface area contributed by atoms with E-state index in [1.165, 1.54) is 25.3 Å². The van der Waals surface area contributed by atoms with E-state index in [-0.39, 0.29) is 11.0 Å². The third-order valence-corrected chi connectivity index (χ3v) is 4.13. The predicted octanol–water partition coefficient (Wildman–Crippen LogP) is -1.31. The minimum Gasteiger partial charge on any atom is -0.504 e. The molecule has 5 N–H and O–H groups in total. The van der Waals surface area contributed by atoms with Crippen molar-refractivity contribution in [3.05, 3.63) is 28.6 Å². The number of hydrogen-bond acceptors (Lipinski definition) is 10. The molecule has 0 aliphatic carbocycles. The fourth-order valence-corrected chi connectivity index (χ4v) is 2.66. The summed E-state index contributed by atoms with van der Waals surface area (Å²) in [7, 11) is 1.43. The molecule has 5 atom stereocenters. The molecule has 1 aliphatic heterocycles. The van der Waals surface area contributed by atoms with Crippen molar-refractivity contribution in [1.82, 2.24) is 0 Å². The zero-order chi connectivity index (χ0) is 19.0. The lowest BCUT2D eigenvalue weighted by atomic mass is 9.99. The first-order valence-electron chi connectivity index (χ1n) is 7.68. The first kappa shape index (κ1) is 18.4. The Labute approximate surface area is 146 Å². The van der Waals surface area contributed by atoms with Crippen LogP contribution in [0.3, 0.4) is 0 Å². The third-order valence-electron chi connectivity index (χ3n) is 4.13. The minimum atomic E-state index is -1.74. The Morgan fingerprint density at radius 3 is 2.54 bits per heavy atom. The fourth-order valence-electron chi connectivity index (χ4n) is 2.66. The van der Waals surface area contributed by atoms with Crippen molar-refractivity contribution in [3.63, 3.8) is 0 Å². The molecule has 2 heterocycles. The molecule has 1 saturated heterocycles. The zero-order valence-corrected chi connectivity index (χ0v) is 13.6. The van der Waals surface area contributed by atoms with Crippen molar-refractivity contribution in [2.75, 3.05) is 13.7 Å². The lowest BCUT2D eigenvalue weighted by molar-refractivity contribution is -0.278. The van der Waals surface area contributed by atoms with Gasteiger partial charge in [-0.05, 0) is 12.1 Å². The van der Waals surface area contributed by atoms with Crippen LogP contribution in [0.1, 0.15) is 0 Å². The molecule has 1 aromatic carbocycles. The number of ether oxygens (including phenoxy) is 3. The van der Waals surface area contributed by atoms with Crippen LogP contribution in [0.25, 0.3) is 11.0 Å². The van der Waals surface area contributed by atoms with Crippen LogP contribution >= 0.6 is 0 Å². The average molecular weight is 370 g/mol. The second-order valence-electron chi connectivity index (χ2n) is 5.74. The molecule has 0 saturated carbocycles. The lowest BCUT2D eigenvalue weighted by Gasteiger charge is -2.39. The largest absolute Gasteiger partial charge is 0.504 e. The van der Waals surface area contributed by atoms with Gasteiger partial charge in [0.15, 0.2) is 5.75 Å². The van der Waals surface area contributed by atoms with E-state index in [1.807, 2.05) is 0 Å². The summed E-state index contributed by atoms with van der Waals surface area (Å²) in [4.78, 5) is 12.1. The van der Waals surface area contributed by atoms with Crippen molar-refractivity contribution in [3.8, 4) is 17.2 Å². The number of aromatic hydroxyl groups is 1. The van der Waals surface area contributed by atoms with E-state index < -0.39 is 54.4 Å². The summed E-state index contributed by atoms with van der Waals surface area (Å²) in [5, 5.41) is 49.1. The third kappa shape index (κ3) is 3.08. The molecule has 1 fully saturated rings. The van der Waals surface area contributed by atoms with Crippen molar-refractivity contribution >= 4 is 11.0 Å². The maximum Gasteiger partial charge on any atom is 0.383 e. The van der Waals surface area contributed by atoms with E-state index in [1.54, 1.807) is 0 Å². The molecule has 0 spiro atoms. The molecular formula is C16H18O10. The Balaban J connectivity index is 1.97. The quantitative estimate of drug-likeness (QED) is 0.409. The maximum absolute atomic E-state index is 12.1. The molecular weight excluding hydrogens is 352 g/mol. The number of fused-ring (bicyclic) bond motifs is 1. The van der Waals surface area contributed by atoms with Crippen LogP contribution in [-0.2, 0) is 4.74 Å². The lowest BCUT2D eigenvalue weighted by Crippen LogP contribution is -2.60. The molecule has 0 unspecified atom stereocenters. The molecule has 1 aliphatic rings. The van der Waals surface area contributed by atoms with Crippen LogP contribution in [0.2, 0.25) is 0 Å². The monoisotopic (exact) mass is 370 g/mol. The van der Waals surface area contributed by atoms with Crippen LogP contribution in [-0.4, -0.2) is 70.0 Å². The minimum absolute atomic E-state index is 0.0491. The molecule has 2 aromatic rings. The number of rotatable bonds is 4. The molecule has 26 heavy (non-hydrogen) atoms. The molecule has 0 amide bonds. The second kappa shape index (κ2) is 7.09. The van der Waals surface area contributed by atoms with Gasteiger partial charge in [0, 0.05) is 6.07 Å². The van der Waals surface area contributed by atoms with Gasteiger partial charge in [0.25, 0.3) is 5.75 Å². The Kier molecular flexibility index (Phi) is 5.03. The Morgan fingerprint density at radius 1 is 1.15 bits per heavy atom. The van der Waals surface area contributed by atoms with Gasteiger partial charge in [-0.2, -0.15) is 0 Å². The van der Waals surface area contributed by atoms with E-state index in [2.05, 4.69) is 0 Å². The molecule has 3 rings (SSSR count). The summed E-state index contributed by atoms with van der Waals surface area (Å²) in [6, 6.07) is 4.36. The smallest absolute Gasteiger partial charge is 0.383 e. The molecule has 142 valence electrons. The van der Waals surface area contributed by atoms with Crippen LogP contribution < -0.4 is 15.1 Å². The van der Waals surface area contributed by atoms with Gasteiger partial charge in [0.2, 0.25) is 6.29 Å². The second-order valence-corrected chi connectivity index (χ2v) is 5.74. The number of methoxy groups -OCH3 is 1. The van der Waals surface area contributed by atoms with Gasteiger partial charge in [0.1, 0.15) is 35.7 Å². The van der Waals surface area contributed by atoms with Gasteiger partial charge in [-0.15, -0.1) is 0 Å². The molecule has 1 aromatic heterocycles. The van der Waals surface area contributed by atoms with Crippen molar-refractivity contribution in [2.45, 2.75) is 30.7 Å². The van der Waals surface area contributed by atoms with E-state index in [0.717, 1.165) is 0 Å². The highest BCUT2D eigenvalue weighted by Crippen LogP contribution is 2.35. The highest BCUT2D eigenvalue weighted by molar-refractivity contribution is 5.86. The van der Waals surface area contributed by atoms with Crippen molar-refractivity contribution in [1.29, 1.82) is 0 Å². The summed E-state index contributed by atoms with van der Waals surface area (Å²) in [5.74, 6) is -0.800. The first-order chi connectivity index (χ1) is 12.4. The van der Waals surface area contributed by atoms with E-state index in [4.69, 9.17) is 18.6 Å². The van der Waals surface area contributed by atoms with Crippen molar-refractivity contribution in [2.24, 2.45) is 0 Å². The molecule has 10 nitrogen and oxygen atoms in total. The highest BCUT2D eigenvalue weighted by atomic mass is 16.7. The van der Waals surface area contributed by atoms with E-state index in [9.17, 15) is 30.3 Å². The maximum atomic E-state index is 12.1. The van der Waals surface area contributed by atoms with E-state index >= 15 is 0 Å². The highest BCUT2D eigenvalue weighted by Gasteiger charge is 2.45. The van der Waals surface area contributed by atoms with Gasteiger partial charge >= 0.3 is 5.63 Å². The summed E-state index contributed by atoms with van der Waals surface area (Å²) in [6.45, 7) is -0.664. The normalized spacial score (nSPS) is 28.9. The number of benzene rings is 1. The average Bonchev–Trinajstić information content (AvgIpc) is 2.64. The molecule has 10 heteroatoms. The van der Waals surface area contributed by atoms with Gasteiger partial charge < -0.3 is 44.2 Å². The van der Waals surface area contributed by atoms with Crippen LogP contribution in [0, 0.1) is 0 Å². The number of aliphatic hydroxyl groups is 4. The number of aliphatic hydroxyl groups excluding tert-OH is 4. The Hall–Kier alpha value is -2.37. The molecule has 0 bridgehead atoms. The fraction of sp³-hybridized carbons (Fsp3) is 0.438. The zero-order valence-electron chi connectivity index (χ0n) is 13.6. The van der Waals surface area contributed by atoms with Crippen LogP contribution in [0.5, 0.6) is 17.2 Å². The Morgan fingerprint density at radius 2 is 1.88 bits per heavy atom. The van der Waals surface area contributed by atoms with Crippen LogP contribution in [0.15, 0.2) is 27.4 Å². The predicted molar refractivity (Wildman–Crippen MR) is 85.1 cm³/mol.